The van der Waals surface area contributed by atoms with Gasteiger partial charge in [0.25, 0.3) is 0 Å². The lowest BCUT2D eigenvalue weighted by atomic mass is 10.2. The summed E-state index contributed by atoms with van der Waals surface area (Å²) in [5.41, 5.74) is 2.31. The molecule has 1 N–H and O–H groups in total. The lowest BCUT2D eigenvalue weighted by Crippen LogP contribution is -2.26. The van der Waals surface area contributed by atoms with Crippen LogP contribution in [-0.4, -0.2) is 38.9 Å². The summed E-state index contributed by atoms with van der Waals surface area (Å²) in [6, 6.07) is 8.29. The summed E-state index contributed by atoms with van der Waals surface area (Å²) in [6.45, 7) is 2.45. The van der Waals surface area contributed by atoms with Gasteiger partial charge in [-0.05, 0) is 31.2 Å². The number of nitrogens with zero attached hydrogens (tertiary/aromatic N) is 2. The summed E-state index contributed by atoms with van der Waals surface area (Å²) in [7, 11) is 6.03. The minimum atomic E-state index is -0.302. The molecule has 3 nitrogen and oxygen atoms in total. The summed E-state index contributed by atoms with van der Waals surface area (Å²) in [5.74, 6) is 0. The minimum absolute atomic E-state index is 0.302. The molecule has 1 unspecified atom stereocenters. The molecule has 3 heteroatoms. The second-order valence-corrected chi connectivity index (χ2v) is 4.14. The van der Waals surface area contributed by atoms with Crippen molar-refractivity contribution in [1.29, 1.82) is 0 Å². The molecular formula is C12H20N2O. The van der Waals surface area contributed by atoms with E-state index in [1.165, 1.54) is 5.69 Å². The topological polar surface area (TPSA) is 26.7 Å². The Hall–Kier alpha value is -1.22. The van der Waals surface area contributed by atoms with E-state index >= 15 is 0 Å². The number of aliphatic hydroxyl groups excluding tert-OH is 1. The minimum Gasteiger partial charge on any atom is -0.392 e. The molecule has 1 aromatic carbocycles. The first-order valence-corrected chi connectivity index (χ1v) is 5.17. The lowest BCUT2D eigenvalue weighted by Gasteiger charge is -2.22. The van der Waals surface area contributed by atoms with Gasteiger partial charge in [0.05, 0.1) is 6.10 Å². The SMILES string of the molecule is CC(O)CN(C)c1ccc(N(C)C)cc1. The van der Waals surface area contributed by atoms with Gasteiger partial charge in [-0.25, -0.2) is 0 Å². The van der Waals surface area contributed by atoms with Crippen LogP contribution in [0, 0.1) is 0 Å². The van der Waals surface area contributed by atoms with Gasteiger partial charge in [0.15, 0.2) is 0 Å². The predicted molar refractivity (Wildman–Crippen MR) is 65.7 cm³/mol. The van der Waals surface area contributed by atoms with E-state index in [4.69, 9.17) is 0 Å². The Labute approximate surface area is 91.9 Å². The molecule has 0 aliphatic carbocycles. The molecule has 0 saturated carbocycles. The molecule has 1 aromatic rings. The Bertz CT molecular complexity index is 293. The largest absolute Gasteiger partial charge is 0.392 e. The molecule has 0 aliphatic heterocycles. The average molecular weight is 208 g/mol. The summed E-state index contributed by atoms with van der Waals surface area (Å²) in [5, 5.41) is 9.28. The molecule has 0 heterocycles. The van der Waals surface area contributed by atoms with E-state index in [2.05, 4.69) is 29.2 Å². The Morgan fingerprint density at radius 1 is 1.07 bits per heavy atom. The molecule has 1 rings (SSSR count). The van der Waals surface area contributed by atoms with Crippen LogP contribution >= 0.6 is 0 Å². The van der Waals surface area contributed by atoms with Gasteiger partial charge in [0.1, 0.15) is 0 Å². The maximum absolute atomic E-state index is 9.28. The van der Waals surface area contributed by atoms with Crippen molar-refractivity contribution in [2.24, 2.45) is 0 Å². The number of benzene rings is 1. The fourth-order valence-corrected chi connectivity index (χ4v) is 1.51. The van der Waals surface area contributed by atoms with Gasteiger partial charge in [-0.15, -0.1) is 0 Å². The average Bonchev–Trinajstić information content (AvgIpc) is 2.17. The number of hydrogen-bond acceptors (Lipinski definition) is 3. The van der Waals surface area contributed by atoms with Gasteiger partial charge in [-0.1, -0.05) is 0 Å². The van der Waals surface area contributed by atoms with Crippen molar-refractivity contribution in [3.63, 3.8) is 0 Å². The van der Waals surface area contributed by atoms with Crippen molar-refractivity contribution in [2.45, 2.75) is 13.0 Å². The van der Waals surface area contributed by atoms with Crippen molar-refractivity contribution >= 4 is 11.4 Å². The zero-order chi connectivity index (χ0) is 11.4. The summed E-state index contributed by atoms with van der Waals surface area (Å²) >= 11 is 0. The summed E-state index contributed by atoms with van der Waals surface area (Å²) in [6.07, 6.45) is -0.302. The van der Waals surface area contributed by atoms with E-state index in [1.807, 2.05) is 26.0 Å². The van der Waals surface area contributed by atoms with Crippen LogP contribution in [0.25, 0.3) is 0 Å². The van der Waals surface area contributed by atoms with Crippen LogP contribution in [0.5, 0.6) is 0 Å². The van der Waals surface area contributed by atoms with Crippen LogP contribution in [0.15, 0.2) is 24.3 Å². The van der Waals surface area contributed by atoms with Crippen molar-refractivity contribution in [1.82, 2.24) is 0 Å². The fourth-order valence-electron chi connectivity index (χ4n) is 1.51. The molecule has 0 spiro atoms. The normalized spacial score (nSPS) is 12.3. The highest BCUT2D eigenvalue weighted by molar-refractivity contribution is 5.55. The zero-order valence-electron chi connectivity index (χ0n) is 9.94. The fraction of sp³-hybridized carbons (Fsp3) is 0.500. The Balaban J connectivity index is 2.71. The van der Waals surface area contributed by atoms with Gasteiger partial charge in [-0.2, -0.15) is 0 Å². The first-order chi connectivity index (χ1) is 7.00. The second-order valence-electron chi connectivity index (χ2n) is 4.14. The molecule has 0 amide bonds. The molecule has 0 bridgehead atoms. The quantitative estimate of drug-likeness (QED) is 0.813. The van der Waals surface area contributed by atoms with Crippen molar-refractivity contribution < 1.29 is 5.11 Å². The van der Waals surface area contributed by atoms with Gasteiger partial charge >= 0.3 is 0 Å². The Morgan fingerprint density at radius 2 is 1.53 bits per heavy atom. The highest BCUT2D eigenvalue weighted by atomic mass is 16.3. The summed E-state index contributed by atoms with van der Waals surface area (Å²) < 4.78 is 0. The van der Waals surface area contributed by atoms with Crippen molar-refractivity contribution in [3.8, 4) is 0 Å². The molecule has 0 saturated heterocycles. The molecule has 1 atom stereocenters. The third kappa shape index (κ3) is 3.44. The van der Waals surface area contributed by atoms with Crippen molar-refractivity contribution in [3.05, 3.63) is 24.3 Å². The molecule has 15 heavy (non-hydrogen) atoms. The molecule has 84 valence electrons. The van der Waals surface area contributed by atoms with E-state index in [-0.39, 0.29) is 6.10 Å². The molecule has 0 aromatic heterocycles. The first-order valence-electron chi connectivity index (χ1n) is 5.17. The maximum atomic E-state index is 9.28. The third-order valence-electron chi connectivity index (χ3n) is 2.34. The smallest absolute Gasteiger partial charge is 0.0686 e. The van der Waals surface area contributed by atoms with E-state index in [1.54, 1.807) is 6.92 Å². The number of aliphatic hydroxyl groups is 1. The maximum Gasteiger partial charge on any atom is 0.0686 e. The van der Waals surface area contributed by atoms with Crippen LogP contribution in [0.1, 0.15) is 6.92 Å². The number of rotatable bonds is 4. The Morgan fingerprint density at radius 3 is 1.93 bits per heavy atom. The third-order valence-corrected chi connectivity index (χ3v) is 2.34. The zero-order valence-corrected chi connectivity index (χ0v) is 9.94. The molecule has 0 aliphatic rings. The highest BCUT2D eigenvalue weighted by Crippen LogP contribution is 2.18. The van der Waals surface area contributed by atoms with Crippen LogP contribution in [0.3, 0.4) is 0 Å². The number of anilines is 2. The molecular weight excluding hydrogens is 188 g/mol. The van der Waals surface area contributed by atoms with Crippen molar-refractivity contribution in [2.75, 3.05) is 37.5 Å². The van der Waals surface area contributed by atoms with Crippen LogP contribution in [0.4, 0.5) is 11.4 Å². The van der Waals surface area contributed by atoms with Gasteiger partial charge < -0.3 is 14.9 Å². The first kappa shape index (κ1) is 11.9. The van der Waals surface area contributed by atoms with Crippen LogP contribution in [-0.2, 0) is 0 Å². The molecule has 0 radical (unpaired) electrons. The molecule has 0 fully saturated rings. The number of hydrogen-bond donors (Lipinski definition) is 1. The standard InChI is InChI=1S/C12H20N2O/c1-10(15)9-14(4)12-7-5-11(6-8-12)13(2)3/h5-8,10,15H,9H2,1-4H3. The van der Waals surface area contributed by atoms with Gasteiger partial charge in [-0.3, -0.25) is 0 Å². The Kier molecular flexibility index (Phi) is 3.97. The van der Waals surface area contributed by atoms with Crippen LogP contribution < -0.4 is 9.80 Å². The highest BCUT2D eigenvalue weighted by Gasteiger charge is 2.04. The van der Waals surface area contributed by atoms with Gasteiger partial charge in [0.2, 0.25) is 0 Å². The predicted octanol–water partition coefficient (Wildman–Crippen LogP) is 1.57. The second kappa shape index (κ2) is 5.03. The lowest BCUT2D eigenvalue weighted by molar-refractivity contribution is 0.201. The van der Waals surface area contributed by atoms with Gasteiger partial charge in [0, 0.05) is 39.1 Å². The monoisotopic (exact) mass is 208 g/mol. The van der Waals surface area contributed by atoms with E-state index < -0.39 is 0 Å². The van der Waals surface area contributed by atoms with E-state index in [0.29, 0.717) is 6.54 Å². The summed E-state index contributed by atoms with van der Waals surface area (Å²) in [4.78, 5) is 4.11. The number of likely N-dealkylation sites (N-methyl/N-ethyl adjacent to an activating group) is 1. The van der Waals surface area contributed by atoms with Crippen LogP contribution in [0.2, 0.25) is 0 Å². The van der Waals surface area contributed by atoms with E-state index in [9.17, 15) is 5.11 Å². The van der Waals surface area contributed by atoms with E-state index in [0.717, 1.165) is 5.69 Å².